The number of hydrogen-bond acceptors (Lipinski definition) is 8. The Kier molecular flexibility index (Phi) is 4.88. The first-order chi connectivity index (χ1) is 10.3. The summed E-state index contributed by atoms with van der Waals surface area (Å²) < 4.78 is 23.0. The first-order valence-corrected chi connectivity index (χ1v) is 6.26. The lowest BCUT2D eigenvalue weighted by Crippen LogP contribution is -2.60. The maximum absolute atomic E-state index is 13.0. The highest BCUT2D eigenvalue weighted by atomic mass is 19.1. The Labute approximate surface area is 123 Å². The van der Waals surface area contributed by atoms with Crippen molar-refractivity contribution in [1.29, 1.82) is 0 Å². The summed E-state index contributed by atoms with van der Waals surface area (Å²) in [5.41, 5.74) is -0.710. The Morgan fingerprint density at radius 1 is 1.32 bits per heavy atom. The molecule has 5 atom stereocenters. The third-order valence-corrected chi connectivity index (χ3v) is 3.22. The maximum Gasteiger partial charge on any atom is 0.313 e. The second-order valence-corrected chi connectivity index (χ2v) is 4.68. The highest BCUT2D eigenvalue weighted by molar-refractivity contribution is 5.46. The number of aliphatic hydroxyl groups excluding tert-OH is 4. The molecule has 1 fully saturated rings. The molecule has 1 saturated heterocycles. The average Bonchev–Trinajstić information content (AvgIpc) is 2.48. The molecule has 122 valence electrons. The predicted octanol–water partition coefficient (Wildman–Crippen LogP) is -1.09. The SMILES string of the molecule is O=[N+]([O-])c1cc(F)ccc1O[C@@H]1[C@@H](O)[C@@H](O)[C@@H](CO)O[C@H]1O. The highest BCUT2D eigenvalue weighted by Crippen LogP contribution is 2.31. The van der Waals surface area contributed by atoms with E-state index in [1.54, 1.807) is 0 Å². The van der Waals surface area contributed by atoms with Crippen LogP contribution in [0.25, 0.3) is 0 Å². The van der Waals surface area contributed by atoms with E-state index in [0.717, 1.165) is 12.1 Å². The molecule has 0 bridgehead atoms. The molecule has 0 aromatic heterocycles. The number of nitro benzene ring substituents is 1. The van der Waals surface area contributed by atoms with Crippen molar-refractivity contribution in [2.45, 2.75) is 30.7 Å². The van der Waals surface area contributed by atoms with Crippen molar-refractivity contribution < 1.29 is 39.2 Å². The summed E-state index contributed by atoms with van der Waals surface area (Å²) in [6.45, 7) is -0.654. The quantitative estimate of drug-likeness (QED) is 0.405. The fourth-order valence-electron chi connectivity index (χ4n) is 2.08. The molecule has 0 radical (unpaired) electrons. The third kappa shape index (κ3) is 3.15. The molecule has 0 aliphatic carbocycles. The Morgan fingerprint density at radius 2 is 2.00 bits per heavy atom. The van der Waals surface area contributed by atoms with Gasteiger partial charge in [0, 0.05) is 0 Å². The fraction of sp³-hybridized carbons (Fsp3) is 0.500. The third-order valence-electron chi connectivity index (χ3n) is 3.22. The van der Waals surface area contributed by atoms with E-state index in [2.05, 4.69) is 0 Å². The van der Waals surface area contributed by atoms with Gasteiger partial charge in [-0.2, -0.15) is 0 Å². The second kappa shape index (κ2) is 6.50. The lowest BCUT2D eigenvalue weighted by atomic mass is 9.99. The molecular weight excluding hydrogens is 305 g/mol. The first kappa shape index (κ1) is 16.5. The van der Waals surface area contributed by atoms with E-state index in [1.165, 1.54) is 0 Å². The van der Waals surface area contributed by atoms with Crippen LogP contribution < -0.4 is 4.74 Å². The van der Waals surface area contributed by atoms with Crippen molar-refractivity contribution in [3.05, 3.63) is 34.1 Å². The maximum atomic E-state index is 13.0. The number of ether oxygens (including phenoxy) is 2. The van der Waals surface area contributed by atoms with E-state index in [0.29, 0.717) is 6.07 Å². The molecule has 0 spiro atoms. The Morgan fingerprint density at radius 3 is 2.59 bits per heavy atom. The van der Waals surface area contributed by atoms with Crippen LogP contribution in [0.15, 0.2) is 18.2 Å². The highest BCUT2D eigenvalue weighted by Gasteiger charge is 2.45. The van der Waals surface area contributed by atoms with Gasteiger partial charge in [-0.05, 0) is 12.1 Å². The summed E-state index contributed by atoms with van der Waals surface area (Å²) in [5.74, 6) is -1.27. The fourth-order valence-corrected chi connectivity index (χ4v) is 2.08. The van der Waals surface area contributed by atoms with Crippen LogP contribution in [0.3, 0.4) is 0 Å². The van der Waals surface area contributed by atoms with E-state index < -0.39 is 59.5 Å². The molecule has 1 aromatic carbocycles. The molecule has 22 heavy (non-hydrogen) atoms. The van der Waals surface area contributed by atoms with Crippen molar-refractivity contribution in [3.8, 4) is 5.75 Å². The van der Waals surface area contributed by atoms with Gasteiger partial charge in [-0.1, -0.05) is 0 Å². The molecule has 1 aliphatic rings. The number of nitro groups is 1. The van der Waals surface area contributed by atoms with Crippen LogP contribution in [0.4, 0.5) is 10.1 Å². The van der Waals surface area contributed by atoms with Gasteiger partial charge >= 0.3 is 5.69 Å². The molecular formula is C12H14FNO8. The Balaban J connectivity index is 2.25. The van der Waals surface area contributed by atoms with E-state index in [4.69, 9.17) is 14.6 Å². The molecule has 10 heteroatoms. The molecule has 1 aromatic rings. The summed E-state index contributed by atoms with van der Waals surface area (Å²) in [7, 11) is 0. The minimum absolute atomic E-state index is 0.409. The predicted molar refractivity (Wildman–Crippen MR) is 67.4 cm³/mol. The van der Waals surface area contributed by atoms with Gasteiger partial charge in [-0.15, -0.1) is 0 Å². The molecule has 0 saturated carbocycles. The smallest absolute Gasteiger partial charge is 0.313 e. The van der Waals surface area contributed by atoms with E-state index in [-0.39, 0.29) is 0 Å². The average molecular weight is 319 g/mol. The number of halogens is 1. The van der Waals surface area contributed by atoms with Crippen molar-refractivity contribution in [3.63, 3.8) is 0 Å². The van der Waals surface area contributed by atoms with Gasteiger partial charge in [0.15, 0.2) is 18.1 Å². The standard InChI is InChI=1S/C12H14FNO8/c13-5-1-2-7(6(3-5)14(19)20)21-11-10(17)9(16)8(4-15)22-12(11)18/h1-3,8-12,15-18H,4H2/t8-,9+,10+,11-,12-/m1/s1. The van der Waals surface area contributed by atoms with Gasteiger partial charge in [0.05, 0.1) is 17.6 Å². The lowest BCUT2D eigenvalue weighted by Gasteiger charge is -2.39. The number of nitrogens with zero attached hydrogens (tertiary/aromatic N) is 1. The second-order valence-electron chi connectivity index (χ2n) is 4.68. The largest absolute Gasteiger partial charge is 0.475 e. The van der Waals surface area contributed by atoms with Crippen molar-refractivity contribution in [2.24, 2.45) is 0 Å². The number of benzene rings is 1. The summed E-state index contributed by atoms with van der Waals surface area (Å²) in [6.07, 6.45) is -7.78. The Hall–Kier alpha value is -1.85. The summed E-state index contributed by atoms with van der Waals surface area (Å²) in [6, 6.07) is 2.47. The summed E-state index contributed by atoms with van der Waals surface area (Å²) in [4.78, 5) is 9.97. The minimum atomic E-state index is -1.75. The molecule has 0 unspecified atom stereocenters. The van der Waals surface area contributed by atoms with E-state index >= 15 is 0 Å². The van der Waals surface area contributed by atoms with Crippen LogP contribution in [-0.2, 0) is 4.74 Å². The molecule has 0 amide bonds. The van der Waals surface area contributed by atoms with Crippen molar-refractivity contribution in [1.82, 2.24) is 0 Å². The zero-order chi connectivity index (χ0) is 16.4. The summed E-state index contributed by atoms with van der Waals surface area (Å²) >= 11 is 0. The monoisotopic (exact) mass is 319 g/mol. The van der Waals surface area contributed by atoms with E-state index in [1.807, 2.05) is 0 Å². The van der Waals surface area contributed by atoms with Crippen molar-refractivity contribution in [2.75, 3.05) is 6.61 Å². The molecule has 4 N–H and O–H groups in total. The zero-order valence-corrected chi connectivity index (χ0v) is 11.1. The molecule has 1 aliphatic heterocycles. The van der Waals surface area contributed by atoms with Gasteiger partial charge in [-0.3, -0.25) is 10.1 Å². The Bertz CT molecular complexity index is 556. The topological polar surface area (TPSA) is 143 Å². The normalized spacial score (nSPS) is 31.8. The van der Waals surface area contributed by atoms with Gasteiger partial charge in [0.2, 0.25) is 0 Å². The summed E-state index contributed by atoms with van der Waals surface area (Å²) in [5, 5.41) is 49.1. The van der Waals surface area contributed by atoms with Crippen LogP contribution in [-0.4, -0.2) is 62.7 Å². The minimum Gasteiger partial charge on any atom is -0.475 e. The number of rotatable bonds is 4. The lowest BCUT2D eigenvalue weighted by molar-refractivity contribution is -0.386. The van der Waals surface area contributed by atoms with Gasteiger partial charge in [-0.25, -0.2) is 4.39 Å². The van der Waals surface area contributed by atoms with Gasteiger partial charge < -0.3 is 29.9 Å². The number of hydrogen-bond donors (Lipinski definition) is 4. The number of aliphatic hydroxyl groups is 4. The zero-order valence-electron chi connectivity index (χ0n) is 11.1. The van der Waals surface area contributed by atoms with Crippen LogP contribution in [0.2, 0.25) is 0 Å². The van der Waals surface area contributed by atoms with Crippen LogP contribution in [0.5, 0.6) is 5.75 Å². The van der Waals surface area contributed by atoms with E-state index in [9.17, 15) is 29.8 Å². The molecule has 1 heterocycles. The van der Waals surface area contributed by atoms with Gasteiger partial charge in [0.25, 0.3) is 0 Å². The van der Waals surface area contributed by atoms with Crippen LogP contribution >= 0.6 is 0 Å². The molecule has 2 rings (SSSR count). The molecule has 9 nitrogen and oxygen atoms in total. The first-order valence-electron chi connectivity index (χ1n) is 6.26. The van der Waals surface area contributed by atoms with Crippen LogP contribution in [0, 0.1) is 15.9 Å². The van der Waals surface area contributed by atoms with Gasteiger partial charge in [0.1, 0.15) is 24.1 Å². The van der Waals surface area contributed by atoms with Crippen molar-refractivity contribution >= 4 is 5.69 Å². The van der Waals surface area contributed by atoms with Crippen LogP contribution in [0.1, 0.15) is 0 Å².